The van der Waals surface area contributed by atoms with Gasteiger partial charge in [0.25, 0.3) is 0 Å². The molecule has 1 fully saturated rings. The van der Waals surface area contributed by atoms with Crippen LogP contribution in [0.25, 0.3) is 0 Å². The molecule has 0 aromatic carbocycles. The molecule has 0 radical (unpaired) electrons. The van der Waals surface area contributed by atoms with E-state index in [0.29, 0.717) is 12.5 Å². The molecule has 0 aromatic rings. The van der Waals surface area contributed by atoms with Crippen molar-refractivity contribution in [1.82, 2.24) is 10.2 Å². The van der Waals surface area contributed by atoms with Crippen molar-refractivity contribution in [3.63, 3.8) is 0 Å². The number of piperazine rings is 1. The maximum absolute atomic E-state index is 12.7. The van der Waals surface area contributed by atoms with Gasteiger partial charge in [-0.25, -0.2) is 0 Å². The minimum absolute atomic E-state index is 0.0143. The summed E-state index contributed by atoms with van der Waals surface area (Å²) in [6.07, 6.45) is 0.927. The van der Waals surface area contributed by atoms with Crippen LogP contribution in [-0.2, 0) is 9.59 Å². The molecule has 1 saturated heterocycles. The van der Waals surface area contributed by atoms with Crippen LogP contribution in [0.2, 0.25) is 0 Å². The number of nitrogens with zero attached hydrogens (tertiary/aromatic N) is 1. The molecule has 1 rings (SSSR count). The number of carbonyl (C=O) groups is 2. The molecule has 1 N–H and O–H groups in total. The Kier molecular flexibility index (Phi) is 5.22. The van der Waals surface area contributed by atoms with Crippen LogP contribution in [0.3, 0.4) is 0 Å². The molecule has 0 aliphatic carbocycles. The van der Waals surface area contributed by atoms with Gasteiger partial charge >= 0.3 is 0 Å². The van der Waals surface area contributed by atoms with Gasteiger partial charge in [0.15, 0.2) is 0 Å². The Morgan fingerprint density at radius 1 is 1.15 bits per heavy atom. The van der Waals surface area contributed by atoms with Crippen molar-refractivity contribution >= 4 is 11.8 Å². The first kappa shape index (κ1) is 17.0. The van der Waals surface area contributed by atoms with E-state index in [-0.39, 0.29) is 35.2 Å². The molecule has 0 spiro atoms. The maximum Gasteiger partial charge on any atom is 0.246 e. The van der Waals surface area contributed by atoms with Crippen LogP contribution in [0.1, 0.15) is 54.9 Å². The van der Waals surface area contributed by atoms with E-state index in [9.17, 15) is 9.59 Å². The number of carbonyl (C=O) groups excluding carboxylic acids is 2. The van der Waals surface area contributed by atoms with Crippen LogP contribution in [0, 0.1) is 17.3 Å². The second-order valence-electron chi connectivity index (χ2n) is 7.71. The number of nitrogens with one attached hydrogen (secondary N) is 1. The van der Waals surface area contributed by atoms with Gasteiger partial charge < -0.3 is 10.2 Å². The summed E-state index contributed by atoms with van der Waals surface area (Å²) in [6.45, 7) is 14.9. The third kappa shape index (κ3) is 3.74. The van der Waals surface area contributed by atoms with Gasteiger partial charge in [0.05, 0.1) is 0 Å². The van der Waals surface area contributed by atoms with E-state index in [1.165, 1.54) is 0 Å². The fraction of sp³-hybridized carbons (Fsp3) is 0.875. The maximum atomic E-state index is 12.7. The van der Waals surface area contributed by atoms with Crippen LogP contribution < -0.4 is 5.32 Å². The Labute approximate surface area is 123 Å². The van der Waals surface area contributed by atoms with Crippen molar-refractivity contribution in [2.24, 2.45) is 17.3 Å². The molecule has 0 saturated carbocycles. The van der Waals surface area contributed by atoms with Crippen molar-refractivity contribution < 1.29 is 9.59 Å². The van der Waals surface area contributed by atoms with Crippen LogP contribution in [0.15, 0.2) is 0 Å². The first-order valence-electron chi connectivity index (χ1n) is 7.66. The molecule has 1 aliphatic heterocycles. The molecule has 1 heterocycles. The third-order valence-electron chi connectivity index (χ3n) is 3.84. The molecule has 0 bridgehead atoms. The average molecular weight is 282 g/mol. The van der Waals surface area contributed by atoms with Crippen LogP contribution >= 0.6 is 0 Å². The summed E-state index contributed by atoms with van der Waals surface area (Å²) in [5, 5.41) is 2.91. The lowest BCUT2D eigenvalue weighted by molar-refractivity contribution is -0.155. The monoisotopic (exact) mass is 282 g/mol. The minimum atomic E-state index is -0.381. The summed E-state index contributed by atoms with van der Waals surface area (Å²) >= 11 is 0. The van der Waals surface area contributed by atoms with Crippen molar-refractivity contribution in [1.29, 1.82) is 0 Å². The number of rotatable bonds is 4. The molecule has 2 unspecified atom stereocenters. The van der Waals surface area contributed by atoms with Gasteiger partial charge in [-0.2, -0.15) is 0 Å². The SMILES string of the molecule is CC(C)CCN1C(=O)C(C(C)C)NC(=O)C1C(C)(C)C. The largest absolute Gasteiger partial charge is 0.342 e. The van der Waals surface area contributed by atoms with E-state index in [2.05, 4.69) is 19.2 Å². The van der Waals surface area contributed by atoms with Crippen LogP contribution in [0.4, 0.5) is 0 Å². The first-order chi connectivity index (χ1) is 9.05. The molecular formula is C16H30N2O2. The lowest BCUT2D eigenvalue weighted by atomic mass is 9.82. The summed E-state index contributed by atoms with van der Waals surface area (Å²) in [5.41, 5.74) is -0.251. The van der Waals surface area contributed by atoms with E-state index in [1.807, 2.05) is 39.5 Å². The van der Waals surface area contributed by atoms with Gasteiger partial charge in [-0.15, -0.1) is 0 Å². The zero-order chi connectivity index (χ0) is 15.7. The summed E-state index contributed by atoms with van der Waals surface area (Å²) < 4.78 is 0. The Hall–Kier alpha value is -1.06. The lowest BCUT2D eigenvalue weighted by Crippen LogP contribution is -2.67. The van der Waals surface area contributed by atoms with Gasteiger partial charge in [-0.05, 0) is 23.7 Å². The number of amides is 2. The molecule has 1 aliphatic rings. The zero-order valence-electron chi connectivity index (χ0n) is 14.0. The highest BCUT2D eigenvalue weighted by Crippen LogP contribution is 2.29. The summed E-state index contributed by atoms with van der Waals surface area (Å²) in [4.78, 5) is 27.0. The Bertz CT molecular complexity index is 369. The molecule has 0 aromatic heterocycles. The molecular weight excluding hydrogens is 252 g/mol. The standard InChI is InChI=1S/C16H30N2O2/c1-10(2)8-9-18-13(16(5,6)7)14(19)17-12(11(3)4)15(18)20/h10-13H,8-9H2,1-7H3,(H,17,19). The predicted octanol–water partition coefficient (Wildman–Crippen LogP) is 2.43. The van der Waals surface area contributed by atoms with E-state index < -0.39 is 0 Å². The van der Waals surface area contributed by atoms with E-state index >= 15 is 0 Å². The fourth-order valence-electron chi connectivity index (χ4n) is 2.69. The highest BCUT2D eigenvalue weighted by molar-refractivity contribution is 5.97. The lowest BCUT2D eigenvalue weighted by Gasteiger charge is -2.45. The molecule has 4 nitrogen and oxygen atoms in total. The number of hydrogen-bond acceptors (Lipinski definition) is 2. The quantitative estimate of drug-likeness (QED) is 0.861. The molecule has 2 amide bonds. The highest BCUT2D eigenvalue weighted by atomic mass is 16.2. The van der Waals surface area contributed by atoms with Crippen molar-refractivity contribution in [3.05, 3.63) is 0 Å². The summed E-state index contributed by atoms with van der Waals surface area (Å²) in [6, 6.07) is -0.753. The van der Waals surface area contributed by atoms with Crippen molar-refractivity contribution in [2.75, 3.05) is 6.54 Å². The van der Waals surface area contributed by atoms with Crippen LogP contribution in [-0.4, -0.2) is 35.3 Å². The summed E-state index contributed by atoms with van der Waals surface area (Å²) in [7, 11) is 0. The second kappa shape index (κ2) is 6.15. The Balaban J connectivity index is 3.04. The zero-order valence-corrected chi connectivity index (χ0v) is 14.0. The van der Waals surface area contributed by atoms with Gasteiger partial charge in [-0.3, -0.25) is 9.59 Å². The van der Waals surface area contributed by atoms with Crippen molar-refractivity contribution in [2.45, 2.75) is 67.0 Å². The second-order valence-corrected chi connectivity index (χ2v) is 7.71. The van der Waals surface area contributed by atoms with Gasteiger partial charge in [0, 0.05) is 6.54 Å². The van der Waals surface area contributed by atoms with Gasteiger partial charge in [0.1, 0.15) is 12.1 Å². The molecule has 2 atom stereocenters. The normalized spacial score (nSPS) is 24.6. The number of hydrogen-bond donors (Lipinski definition) is 1. The highest BCUT2D eigenvalue weighted by Gasteiger charge is 2.46. The van der Waals surface area contributed by atoms with Gasteiger partial charge in [-0.1, -0.05) is 48.5 Å². The fourth-order valence-corrected chi connectivity index (χ4v) is 2.69. The first-order valence-corrected chi connectivity index (χ1v) is 7.66. The third-order valence-corrected chi connectivity index (χ3v) is 3.84. The topological polar surface area (TPSA) is 49.4 Å². The molecule has 4 heteroatoms. The van der Waals surface area contributed by atoms with E-state index in [1.54, 1.807) is 0 Å². The van der Waals surface area contributed by atoms with Gasteiger partial charge in [0.2, 0.25) is 11.8 Å². The molecule has 20 heavy (non-hydrogen) atoms. The van der Waals surface area contributed by atoms with Crippen LogP contribution in [0.5, 0.6) is 0 Å². The Morgan fingerprint density at radius 2 is 1.70 bits per heavy atom. The van der Waals surface area contributed by atoms with E-state index in [4.69, 9.17) is 0 Å². The van der Waals surface area contributed by atoms with Crippen molar-refractivity contribution in [3.8, 4) is 0 Å². The minimum Gasteiger partial charge on any atom is -0.342 e. The summed E-state index contributed by atoms with van der Waals surface area (Å²) in [5.74, 6) is 0.694. The Morgan fingerprint density at radius 3 is 2.10 bits per heavy atom. The molecule has 116 valence electrons. The van der Waals surface area contributed by atoms with E-state index in [0.717, 1.165) is 6.42 Å². The average Bonchev–Trinajstić information content (AvgIpc) is 2.27. The smallest absolute Gasteiger partial charge is 0.246 e. The predicted molar refractivity (Wildman–Crippen MR) is 81.2 cm³/mol.